The Morgan fingerprint density at radius 1 is 1.20 bits per heavy atom. The van der Waals surface area contributed by atoms with Crippen molar-refractivity contribution in [3.63, 3.8) is 0 Å². The molecule has 3 aliphatic rings. The molecule has 1 saturated heterocycles. The van der Waals surface area contributed by atoms with E-state index in [4.69, 9.17) is 0 Å². The number of sulfone groups is 1. The summed E-state index contributed by atoms with van der Waals surface area (Å²) in [6, 6.07) is 0.0199. The molecule has 1 atom stereocenters. The highest BCUT2D eigenvalue weighted by atomic mass is 32.2. The van der Waals surface area contributed by atoms with E-state index in [-0.39, 0.29) is 11.8 Å². The molecule has 20 heavy (non-hydrogen) atoms. The monoisotopic (exact) mass is 299 g/mol. The smallest absolute Gasteiger partial charge is 0.191 e. The van der Waals surface area contributed by atoms with Gasteiger partial charge in [0.25, 0.3) is 0 Å². The summed E-state index contributed by atoms with van der Waals surface area (Å²) >= 11 is 0. The van der Waals surface area contributed by atoms with Gasteiger partial charge in [0.1, 0.15) is 0 Å². The van der Waals surface area contributed by atoms with Crippen LogP contribution in [0.5, 0.6) is 0 Å². The first kappa shape index (κ1) is 14.2. The van der Waals surface area contributed by atoms with Gasteiger partial charge in [0.2, 0.25) is 0 Å². The van der Waals surface area contributed by atoms with Gasteiger partial charge in [-0.15, -0.1) is 0 Å². The van der Waals surface area contributed by atoms with Gasteiger partial charge in [-0.25, -0.2) is 8.42 Å². The third-order valence-corrected chi connectivity index (χ3v) is 6.53. The molecular formula is C14H25N3O2S. The SMILES string of the molecule is CN=C(NCC(C1CC1)C1CC1)NC1CCS(=O)(=O)C1. The van der Waals surface area contributed by atoms with E-state index < -0.39 is 9.84 Å². The number of nitrogens with zero attached hydrogens (tertiary/aromatic N) is 1. The molecule has 1 aliphatic heterocycles. The minimum Gasteiger partial charge on any atom is -0.356 e. The molecule has 3 rings (SSSR count). The minimum atomic E-state index is -2.83. The highest BCUT2D eigenvalue weighted by Crippen LogP contribution is 2.48. The average molecular weight is 299 g/mol. The quantitative estimate of drug-likeness (QED) is 0.581. The fourth-order valence-electron chi connectivity index (χ4n) is 3.28. The summed E-state index contributed by atoms with van der Waals surface area (Å²) in [6.45, 7) is 0.981. The molecule has 0 bridgehead atoms. The number of hydrogen-bond donors (Lipinski definition) is 2. The lowest BCUT2D eigenvalue weighted by atomic mass is 9.98. The van der Waals surface area contributed by atoms with Crippen molar-refractivity contribution in [2.24, 2.45) is 22.7 Å². The van der Waals surface area contributed by atoms with Crippen LogP contribution in [-0.2, 0) is 9.84 Å². The van der Waals surface area contributed by atoms with Crippen LogP contribution in [0.1, 0.15) is 32.1 Å². The maximum absolute atomic E-state index is 11.5. The number of hydrogen-bond acceptors (Lipinski definition) is 3. The fourth-order valence-corrected chi connectivity index (χ4v) is 4.95. The number of aliphatic imine (C=N–C) groups is 1. The van der Waals surface area contributed by atoms with Crippen molar-refractivity contribution in [2.45, 2.75) is 38.1 Å². The lowest BCUT2D eigenvalue weighted by molar-refractivity contribution is 0.399. The summed E-state index contributed by atoms with van der Waals surface area (Å²) in [5, 5.41) is 6.67. The zero-order valence-electron chi connectivity index (χ0n) is 12.1. The van der Waals surface area contributed by atoms with Crippen LogP contribution < -0.4 is 10.6 Å². The second-order valence-electron chi connectivity index (χ2n) is 6.54. The Kier molecular flexibility index (Phi) is 3.93. The Morgan fingerprint density at radius 3 is 2.30 bits per heavy atom. The predicted octanol–water partition coefficient (Wildman–Crippen LogP) is 0.775. The van der Waals surface area contributed by atoms with Gasteiger partial charge < -0.3 is 10.6 Å². The molecule has 2 saturated carbocycles. The van der Waals surface area contributed by atoms with E-state index in [2.05, 4.69) is 15.6 Å². The number of rotatable bonds is 5. The molecular weight excluding hydrogens is 274 g/mol. The molecule has 0 radical (unpaired) electrons. The molecule has 2 N–H and O–H groups in total. The molecule has 6 heteroatoms. The van der Waals surface area contributed by atoms with Crippen molar-refractivity contribution >= 4 is 15.8 Å². The first-order chi connectivity index (χ1) is 9.57. The van der Waals surface area contributed by atoms with Crippen molar-refractivity contribution in [3.8, 4) is 0 Å². The zero-order valence-corrected chi connectivity index (χ0v) is 13.0. The molecule has 114 valence electrons. The van der Waals surface area contributed by atoms with E-state index >= 15 is 0 Å². The predicted molar refractivity (Wildman–Crippen MR) is 80.5 cm³/mol. The molecule has 0 aromatic rings. The maximum Gasteiger partial charge on any atom is 0.191 e. The Hall–Kier alpha value is -0.780. The normalized spacial score (nSPS) is 29.7. The topological polar surface area (TPSA) is 70.6 Å². The average Bonchev–Trinajstić information content (AvgIpc) is 3.28. The van der Waals surface area contributed by atoms with Gasteiger partial charge in [-0.3, -0.25) is 4.99 Å². The Bertz CT molecular complexity index is 469. The lowest BCUT2D eigenvalue weighted by Gasteiger charge is -2.20. The summed E-state index contributed by atoms with van der Waals surface area (Å²) in [5.74, 6) is 3.93. The second-order valence-corrected chi connectivity index (χ2v) is 8.76. The Morgan fingerprint density at radius 2 is 1.85 bits per heavy atom. The molecule has 5 nitrogen and oxygen atoms in total. The molecule has 3 fully saturated rings. The largest absolute Gasteiger partial charge is 0.356 e. The van der Waals surface area contributed by atoms with Gasteiger partial charge >= 0.3 is 0 Å². The van der Waals surface area contributed by atoms with E-state index in [1.807, 2.05) is 0 Å². The molecule has 0 spiro atoms. The van der Waals surface area contributed by atoms with Crippen molar-refractivity contribution < 1.29 is 8.42 Å². The van der Waals surface area contributed by atoms with Crippen LogP contribution in [0.15, 0.2) is 4.99 Å². The number of guanidine groups is 1. The van der Waals surface area contributed by atoms with Crippen LogP contribution in [0, 0.1) is 17.8 Å². The van der Waals surface area contributed by atoms with Gasteiger partial charge in [0, 0.05) is 19.6 Å². The van der Waals surface area contributed by atoms with E-state index in [9.17, 15) is 8.42 Å². The van der Waals surface area contributed by atoms with E-state index in [1.165, 1.54) is 25.7 Å². The number of nitrogens with one attached hydrogen (secondary N) is 2. The molecule has 2 aliphatic carbocycles. The minimum absolute atomic E-state index is 0.0199. The fraction of sp³-hybridized carbons (Fsp3) is 0.929. The summed E-state index contributed by atoms with van der Waals surface area (Å²) in [6.07, 6.45) is 6.23. The van der Waals surface area contributed by atoms with Gasteiger partial charge in [-0.1, -0.05) is 0 Å². The lowest BCUT2D eigenvalue weighted by Crippen LogP contribution is -2.45. The summed E-state index contributed by atoms with van der Waals surface area (Å²) < 4.78 is 22.9. The van der Waals surface area contributed by atoms with Crippen molar-refractivity contribution in [1.82, 2.24) is 10.6 Å². The van der Waals surface area contributed by atoms with E-state index in [1.54, 1.807) is 7.05 Å². The molecule has 0 amide bonds. The van der Waals surface area contributed by atoms with Crippen molar-refractivity contribution in [2.75, 3.05) is 25.1 Å². The van der Waals surface area contributed by atoms with Crippen LogP contribution in [0.25, 0.3) is 0 Å². The second kappa shape index (κ2) is 5.54. The summed E-state index contributed by atoms with van der Waals surface area (Å²) in [4.78, 5) is 4.23. The maximum atomic E-state index is 11.5. The van der Waals surface area contributed by atoms with Crippen molar-refractivity contribution in [1.29, 1.82) is 0 Å². The molecule has 0 aromatic heterocycles. The zero-order chi connectivity index (χ0) is 14.2. The van der Waals surface area contributed by atoms with Gasteiger partial charge in [-0.05, 0) is 49.9 Å². The van der Waals surface area contributed by atoms with Crippen LogP contribution >= 0.6 is 0 Å². The molecule has 1 heterocycles. The standard InChI is InChI=1S/C14H25N3O2S/c1-15-14(17-12-6-7-20(18,19)9-12)16-8-13(10-2-3-10)11-4-5-11/h10-13H,2-9H2,1H3,(H2,15,16,17). The van der Waals surface area contributed by atoms with Crippen LogP contribution in [0.4, 0.5) is 0 Å². The highest BCUT2D eigenvalue weighted by molar-refractivity contribution is 7.91. The van der Waals surface area contributed by atoms with Crippen LogP contribution in [0.2, 0.25) is 0 Å². The third-order valence-electron chi connectivity index (χ3n) is 4.76. The molecule has 0 aromatic carbocycles. The van der Waals surface area contributed by atoms with Crippen LogP contribution in [0.3, 0.4) is 0 Å². The van der Waals surface area contributed by atoms with E-state index in [0.717, 1.165) is 30.3 Å². The first-order valence-electron chi connectivity index (χ1n) is 7.75. The highest BCUT2D eigenvalue weighted by Gasteiger charge is 2.41. The Balaban J connectivity index is 1.47. The van der Waals surface area contributed by atoms with Gasteiger partial charge in [0.15, 0.2) is 15.8 Å². The van der Waals surface area contributed by atoms with Crippen molar-refractivity contribution in [3.05, 3.63) is 0 Å². The summed E-state index contributed by atoms with van der Waals surface area (Å²) in [5.41, 5.74) is 0. The first-order valence-corrected chi connectivity index (χ1v) is 9.57. The van der Waals surface area contributed by atoms with Crippen LogP contribution in [-0.4, -0.2) is 45.5 Å². The van der Waals surface area contributed by atoms with E-state index in [0.29, 0.717) is 12.2 Å². The Labute approximate surface area is 121 Å². The summed E-state index contributed by atoms with van der Waals surface area (Å²) in [7, 11) is -1.08. The third kappa shape index (κ3) is 3.65. The molecule has 1 unspecified atom stereocenters. The van der Waals surface area contributed by atoms with Gasteiger partial charge in [-0.2, -0.15) is 0 Å². The van der Waals surface area contributed by atoms with Gasteiger partial charge in [0.05, 0.1) is 11.5 Å².